The predicted octanol–water partition coefficient (Wildman–Crippen LogP) is 5.12. The lowest BCUT2D eigenvalue weighted by Gasteiger charge is -2.16. The van der Waals surface area contributed by atoms with Gasteiger partial charge in [-0.2, -0.15) is 0 Å². The Kier molecular flexibility index (Phi) is 10.3. The largest absolute Gasteiger partial charge is 0.345 e. The van der Waals surface area contributed by atoms with E-state index in [1.165, 1.54) is 12.1 Å². The highest BCUT2D eigenvalue weighted by Crippen LogP contribution is 2.31. The van der Waals surface area contributed by atoms with Gasteiger partial charge in [-0.25, -0.2) is 8.78 Å². The molecule has 6 nitrogen and oxygen atoms in total. The third-order valence-electron chi connectivity index (χ3n) is 5.41. The first-order valence-corrected chi connectivity index (χ1v) is 12.3. The fourth-order valence-electron chi connectivity index (χ4n) is 3.64. The summed E-state index contributed by atoms with van der Waals surface area (Å²) in [4.78, 5) is 22.6. The number of benzene rings is 1. The summed E-state index contributed by atoms with van der Waals surface area (Å²) in [6.07, 6.45) is 5.32. The molecule has 0 aliphatic heterocycles. The molecule has 2 atom stereocenters. The van der Waals surface area contributed by atoms with Crippen molar-refractivity contribution >= 4 is 25.9 Å². The SMILES string of the molecule is CCCO[PH](=O)CCC(CC)Cc1c(NC(=O)C=O)cn(Cc2cc(F)cc(F)c2)c1C. The third kappa shape index (κ3) is 7.68. The molecule has 2 aromatic rings. The summed E-state index contributed by atoms with van der Waals surface area (Å²) in [5.74, 6) is -1.90. The fourth-order valence-corrected chi connectivity index (χ4v) is 4.86. The van der Waals surface area contributed by atoms with Crippen molar-refractivity contribution in [2.75, 3.05) is 18.1 Å². The molecule has 1 heterocycles. The molecule has 1 amide bonds. The molecule has 0 aliphatic rings. The van der Waals surface area contributed by atoms with Crippen LogP contribution in [0.4, 0.5) is 14.5 Å². The topological polar surface area (TPSA) is 77.4 Å². The standard InChI is InChI=1S/C23H31F2N2O4P/c1-4-7-31-32(30)8-6-17(5-2)11-21-16(3)27(14-22(21)26-23(29)15-28)13-18-9-19(24)12-20(25)10-18/h9-10,12,14-15,17,32H,4-8,11,13H2,1-3H3,(H,26,29). The zero-order valence-corrected chi connectivity index (χ0v) is 19.7. The van der Waals surface area contributed by atoms with Crippen molar-refractivity contribution in [2.24, 2.45) is 5.92 Å². The first kappa shape index (κ1) is 25.9. The lowest BCUT2D eigenvalue weighted by Crippen LogP contribution is -2.14. The van der Waals surface area contributed by atoms with E-state index in [0.29, 0.717) is 36.9 Å². The Labute approximate surface area is 188 Å². The molecule has 0 bridgehead atoms. The fraction of sp³-hybridized carbons (Fsp3) is 0.478. The van der Waals surface area contributed by atoms with E-state index < -0.39 is 25.6 Å². The molecule has 0 saturated heterocycles. The summed E-state index contributed by atoms with van der Waals surface area (Å²) in [7, 11) is -2.08. The molecule has 1 N–H and O–H groups in total. The number of carbonyl (C=O) groups excluding carboxylic acids is 2. The lowest BCUT2D eigenvalue weighted by molar-refractivity contribution is -0.127. The van der Waals surface area contributed by atoms with Crippen molar-refractivity contribution in [3.05, 3.63) is 52.9 Å². The Hall–Kier alpha value is -2.31. The van der Waals surface area contributed by atoms with E-state index in [4.69, 9.17) is 4.52 Å². The van der Waals surface area contributed by atoms with Gasteiger partial charge in [0.1, 0.15) is 11.6 Å². The van der Waals surface area contributed by atoms with Gasteiger partial charge < -0.3 is 14.4 Å². The van der Waals surface area contributed by atoms with E-state index in [0.717, 1.165) is 30.2 Å². The van der Waals surface area contributed by atoms with E-state index in [-0.39, 0.29) is 18.7 Å². The molecule has 1 aromatic heterocycles. The molecule has 32 heavy (non-hydrogen) atoms. The summed E-state index contributed by atoms with van der Waals surface area (Å²) < 4.78 is 46.4. The van der Waals surface area contributed by atoms with Crippen molar-refractivity contribution in [3.63, 3.8) is 0 Å². The van der Waals surface area contributed by atoms with Crippen LogP contribution in [0.5, 0.6) is 0 Å². The molecule has 0 radical (unpaired) electrons. The smallest absolute Gasteiger partial charge is 0.288 e. The van der Waals surface area contributed by atoms with Crippen molar-refractivity contribution in [2.45, 2.75) is 53.0 Å². The van der Waals surface area contributed by atoms with Gasteiger partial charge >= 0.3 is 0 Å². The second-order valence-electron chi connectivity index (χ2n) is 7.86. The Morgan fingerprint density at radius 1 is 1.25 bits per heavy atom. The number of nitrogens with zero attached hydrogens (tertiary/aromatic N) is 1. The number of anilines is 1. The molecule has 0 fully saturated rings. The number of aldehydes is 1. The van der Waals surface area contributed by atoms with Crippen LogP contribution in [0.2, 0.25) is 0 Å². The van der Waals surface area contributed by atoms with Gasteiger partial charge in [-0.15, -0.1) is 0 Å². The zero-order valence-electron chi connectivity index (χ0n) is 18.7. The van der Waals surface area contributed by atoms with Gasteiger partial charge in [0.2, 0.25) is 6.29 Å². The number of carbonyl (C=O) groups is 2. The molecule has 1 aromatic carbocycles. The number of nitrogens with one attached hydrogen (secondary N) is 1. The van der Waals surface area contributed by atoms with E-state index in [1.807, 2.05) is 20.8 Å². The molecule has 0 aliphatic carbocycles. The number of hydrogen-bond acceptors (Lipinski definition) is 4. The average molecular weight is 468 g/mol. The van der Waals surface area contributed by atoms with Crippen LogP contribution in [-0.2, 0) is 31.6 Å². The maximum Gasteiger partial charge on any atom is 0.288 e. The van der Waals surface area contributed by atoms with Gasteiger partial charge in [-0.3, -0.25) is 14.2 Å². The van der Waals surface area contributed by atoms with Crippen LogP contribution in [-0.4, -0.2) is 29.5 Å². The number of amides is 1. The molecule has 9 heteroatoms. The first-order chi connectivity index (χ1) is 15.3. The zero-order chi connectivity index (χ0) is 23.7. The van der Waals surface area contributed by atoms with Crippen LogP contribution in [0, 0.1) is 24.5 Å². The van der Waals surface area contributed by atoms with Gasteiger partial charge in [0, 0.05) is 30.7 Å². The summed E-state index contributed by atoms with van der Waals surface area (Å²) in [6.45, 7) is 6.56. The van der Waals surface area contributed by atoms with Crippen molar-refractivity contribution in [1.29, 1.82) is 0 Å². The van der Waals surface area contributed by atoms with E-state index in [2.05, 4.69) is 5.32 Å². The molecule has 0 spiro atoms. The minimum absolute atomic E-state index is 0.197. The first-order valence-electron chi connectivity index (χ1n) is 10.8. The molecule has 2 rings (SSSR count). The van der Waals surface area contributed by atoms with E-state index in [1.54, 1.807) is 10.8 Å². The summed E-state index contributed by atoms with van der Waals surface area (Å²) in [6, 6.07) is 3.33. The highest BCUT2D eigenvalue weighted by Gasteiger charge is 2.19. The van der Waals surface area contributed by atoms with Crippen LogP contribution in [0.1, 0.15) is 49.9 Å². The van der Waals surface area contributed by atoms with Gasteiger partial charge in [0.15, 0.2) is 8.03 Å². The molecular weight excluding hydrogens is 437 g/mol. The third-order valence-corrected chi connectivity index (χ3v) is 6.63. The van der Waals surface area contributed by atoms with Crippen molar-refractivity contribution in [1.82, 2.24) is 4.57 Å². The maximum atomic E-state index is 13.6. The number of rotatable bonds is 13. The normalized spacial score (nSPS) is 13.0. The molecule has 2 unspecified atom stereocenters. The van der Waals surface area contributed by atoms with Crippen molar-refractivity contribution < 1.29 is 27.5 Å². The Balaban J connectivity index is 2.25. The van der Waals surface area contributed by atoms with Crippen LogP contribution in [0.15, 0.2) is 24.4 Å². The van der Waals surface area contributed by atoms with Crippen LogP contribution in [0.3, 0.4) is 0 Å². The Bertz CT molecular complexity index is 941. The predicted molar refractivity (Wildman–Crippen MR) is 122 cm³/mol. The second-order valence-corrected chi connectivity index (χ2v) is 9.39. The summed E-state index contributed by atoms with van der Waals surface area (Å²) >= 11 is 0. The van der Waals surface area contributed by atoms with Gasteiger partial charge in [0.25, 0.3) is 5.91 Å². The van der Waals surface area contributed by atoms with E-state index >= 15 is 0 Å². The molecular formula is C23H31F2N2O4P. The molecule has 176 valence electrons. The van der Waals surface area contributed by atoms with Crippen molar-refractivity contribution in [3.8, 4) is 0 Å². The highest BCUT2D eigenvalue weighted by atomic mass is 31.1. The van der Waals surface area contributed by atoms with E-state index in [9.17, 15) is 22.9 Å². The monoisotopic (exact) mass is 468 g/mol. The summed E-state index contributed by atoms with van der Waals surface area (Å²) in [5, 5.41) is 2.60. The van der Waals surface area contributed by atoms with Crippen LogP contribution in [0.25, 0.3) is 0 Å². The average Bonchev–Trinajstić information content (AvgIpc) is 3.02. The maximum absolute atomic E-state index is 13.6. The van der Waals surface area contributed by atoms with Crippen LogP contribution >= 0.6 is 8.03 Å². The lowest BCUT2D eigenvalue weighted by atomic mass is 9.94. The number of aromatic nitrogens is 1. The Morgan fingerprint density at radius 3 is 2.53 bits per heavy atom. The second kappa shape index (κ2) is 12.7. The van der Waals surface area contributed by atoms with Gasteiger partial charge in [-0.05, 0) is 55.4 Å². The Morgan fingerprint density at radius 2 is 1.94 bits per heavy atom. The molecule has 0 saturated carbocycles. The highest BCUT2D eigenvalue weighted by molar-refractivity contribution is 7.39. The summed E-state index contributed by atoms with van der Waals surface area (Å²) in [5.41, 5.74) is 2.60. The van der Waals surface area contributed by atoms with Gasteiger partial charge in [-0.1, -0.05) is 20.3 Å². The minimum Gasteiger partial charge on any atom is -0.345 e. The minimum atomic E-state index is -2.08. The number of hydrogen-bond donors (Lipinski definition) is 1. The number of halogens is 2. The van der Waals surface area contributed by atoms with Gasteiger partial charge in [0.05, 0.1) is 12.3 Å². The van der Waals surface area contributed by atoms with Crippen LogP contribution < -0.4 is 5.32 Å². The quantitative estimate of drug-likeness (QED) is 0.251.